The third-order valence-electron chi connectivity index (χ3n) is 3.35. The zero-order valence-corrected chi connectivity index (χ0v) is 12.2. The van der Waals surface area contributed by atoms with Gasteiger partial charge in [-0.15, -0.1) is 0 Å². The third-order valence-corrected chi connectivity index (χ3v) is 5.54. The van der Waals surface area contributed by atoms with E-state index in [1.54, 1.807) is 42.7 Å². The van der Waals surface area contributed by atoms with Crippen LogP contribution in [-0.2, 0) is 16.4 Å². The van der Waals surface area contributed by atoms with Crippen LogP contribution in [-0.4, -0.2) is 35.1 Å². The van der Waals surface area contributed by atoms with Crippen molar-refractivity contribution in [1.82, 2.24) is 4.57 Å². The van der Waals surface area contributed by atoms with Gasteiger partial charge in [-0.2, -0.15) is 0 Å². The molecule has 2 aromatic rings. The highest BCUT2D eigenvalue weighted by Crippen LogP contribution is 2.21. The molecule has 0 aliphatic heterocycles. The van der Waals surface area contributed by atoms with E-state index in [1.807, 2.05) is 0 Å². The van der Waals surface area contributed by atoms with Crippen LogP contribution in [0.5, 0.6) is 0 Å². The number of carboxylic acids is 1. The summed E-state index contributed by atoms with van der Waals surface area (Å²) in [6.45, 7) is 3.55. The molecule has 20 heavy (non-hydrogen) atoms. The van der Waals surface area contributed by atoms with E-state index in [-0.39, 0.29) is 17.9 Å². The molecule has 0 amide bonds. The second-order valence-electron chi connectivity index (χ2n) is 4.97. The summed E-state index contributed by atoms with van der Waals surface area (Å²) in [5.74, 6) is -1.01. The van der Waals surface area contributed by atoms with Gasteiger partial charge in [0.15, 0.2) is 9.84 Å². The Morgan fingerprint density at radius 1 is 1.30 bits per heavy atom. The van der Waals surface area contributed by atoms with Crippen molar-refractivity contribution in [2.45, 2.75) is 25.6 Å². The number of para-hydroxylation sites is 1. The number of aromatic carboxylic acids is 1. The molecule has 0 bridgehead atoms. The molecule has 108 valence electrons. The quantitative estimate of drug-likeness (QED) is 0.917. The number of rotatable bonds is 5. The Kier molecular flexibility index (Phi) is 3.85. The minimum atomic E-state index is -3.14. The van der Waals surface area contributed by atoms with E-state index in [0.717, 1.165) is 5.52 Å². The minimum absolute atomic E-state index is 0.00238. The van der Waals surface area contributed by atoms with Crippen LogP contribution in [0.4, 0.5) is 0 Å². The molecular formula is C14H17NO4S. The molecule has 0 aliphatic rings. The maximum Gasteiger partial charge on any atom is 0.337 e. The van der Waals surface area contributed by atoms with Crippen molar-refractivity contribution >= 4 is 26.7 Å². The smallest absolute Gasteiger partial charge is 0.337 e. The summed E-state index contributed by atoms with van der Waals surface area (Å²) < 4.78 is 25.4. The zero-order chi connectivity index (χ0) is 14.9. The summed E-state index contributed by atoms with van der Waals surface area (Å²) in [6.07, 6.45) is 1.50. The number of carbonyl (C=O) groups is 1. The third kappa shape index (κ3) is 2.70. The normalized spacial score (nSPS) is 12.2. The van der Waals surface area contributed by atoms with Crippen molar-refractivity contribution in [2.24, 2.45) is 0 Å². The largest absolute Gasteiger partial charge is 0.478 e. The van der Waals surface area contributed by atoms with Gasteiger partial charge in [0.1, 0.15) is 0 Å². The molecule has 0 saturated carbocycles. The van der Waals surface area contributed by atoms with Crippen LogP contribution >= 0.6 is 0 Å². The van der Waals surface area contributed by atoms with Gasteiger partial charge >= 0.3 is 5.97 Å². The van der Waals surface area contributed by atoms with E-state index in [2.05, 4.69) is 0 Å². The van der Waals surface area contributed by atoms with Gasteiger partial charge in [-0.1, -0.05) is 18.2 Å². The molecule has 1 N–H and O–H groups in total. The number of nitrogens with zero attached hydrogens (tertiary/aromatic N) is 1. The number of aromatic nitrogens is 1. The van der Waals surface area contributed by atoms with E-state index in [1.165, 1.54) is 6.20 Å². The van der Waals surface area contributed by atoms with Crippen molar-refractivity contribution in [3.63, 3.8) is 0 Å². The Bertz CT molecular complexity index is 744. The van der Waals surface area contributed by atoms with Gasteiger partial charge in [-0.25, -0.2) is 13.2 Å². The lowest BCUT2D eigenvalue weighted by Crippen LogP contribution is -2.20. The summed E-state index contributed by atoms with van der Waals surface area (Å²) in [5.41, 5.74) is 0.936. The maximum atomic E-state index is 11.9. The van der Waals surface area contributed by atoms with Crippen LogP contribution in [0.25, 0.3) is 10.9 Å². The highest BCUT2D eigenvalue weighted by molar-refractivity contribution is 7.91. The summed E-state index contributed by atoms with van der Waals surface area (Å²) >= 11 is 0. The first kappa shape index (κ1) is 14.6. The highest BCUT2D eigenvalue weighted by atomic mass is 32.2. The fourth-order valence-corrected chi connectivity index (χ4v) is 2.99. The number of hydrogen-bond acceptors (Lipinski definition) is 3. The van der Waals surface area contributed by atoms with E-state index < -0.39 is 21.1 Å². The van der Waals surface area contributed by atoms with Crippen LogP contribution in [0.15, 0.2) is 30.5 Å². The molecule has 0 fully saturated rings. The van der Waals surface area contributed by atoms with Crippen molar-refractivity contribution in [2.75, 3.05) is 5.75 Å². The molecule has 0 spiro atoms. The molecule has 0 atom stereocenters. The van der Waals surface area contributed by atoms with E-state index in [0.29, 0.717) is 5.39 Å². The Balaban J connectivity index is 2.39. The fourth-order valence-electron chi connectivity index (χ4n) is 2.06. The summed E-state index contributed by atoms with van der Waals surface area (Å²) in [4.78, 5) is 11.2. The Morgan fingerprint density at radius 3 is 2.55 bits per heavy atom. The molecule has 1 heterocycles. The Morgan fingerprint density at radius 2 is 1.95 bits per heavy atom. The molecule has 0 saturated heterocycles. The number of fused-ring (bicyclic) bond motifs is 1. The van der Waals surface area contributed by atoms with E-state index in [4.69, 9.17) is 0 Å². The SMILES string of the molecule is CC(C)S(=O)(=O)CCn1cc(C(=O)O)c2ccccc21. The summed E-state index contributed by atoms with van der Waals surface area (Å²) in [5, 5.41) is 9.38. The van der Waals surface area contributed by atoms with Crippen molar-refractivity contribution in [1.29, 1.82) is 0 Å². The van der Waals surface area contributed by atoms with Gasteiger partial charge in [0, 0.05) is 23.6 Å². The Labute approximate surface area is 117 Å². The molecule has 5 nitrogen and oxygen atoms in total. The molecule has 0 radical (unpaired) electrons. The zero-order valence-electron chi connectivity index (χ0n) is 11.4. The van der Waals surface area contributed by atoms with Crippen molar-refractivity contribution in [3.8, 4) is 0 Å². The number of sulfone groups is 1. The minimum Gasteiger partial charge on any atom is -0.478 e. The van der Waals surface area contributed by atoms with Crippen molar-refractivity contribution in [3.05, 3.63) is 36.0 Å². The molecule has 1 aromatic heterocycles. The topological polar surface area (TPSA) is 76.4 Å². The standard InChI is InChI=1S/C14H17NO4S/c1-10(2)20(18,19)8-7-15-9-12(14(16)17)11-5-3-4-6-13(11)15/h3-6,9-10H,7-8H2,1-2H3,(H,16,17). The predicted octanol–water partition coefficient (Wildman–Crippen LogP) is 2.16. The lowest BCUT2D eigenvalue weighted by Gasteiger charge is -2.09. The van der Waals surface area contributed by atoms with E-state index >= 15 is 0 Å². The van der Waals surface area contributed by atoms with Gasteiger partial charge in [0.25, 0.3) is 0 Å². The molecule has 0 aliphatic carbocycles. The first-order valence-corrected chi connectivity index (χ1v) is 8.07. The number of benzene rings is 1. The number of carboxylic acid groups (broad SMARTS) is 1. The van der Waals surface area contributed by atoms with Gasteiger partial charge in [-0.3, -0.25) is 0 Å². The summed E-state index contributed by atoms with van der Waals surface area (Å²) in [6, 6.07) is 7.10. The van der Waals surface area contributed by atoms with Crippen LogP contribution in [0.2, 0.25) is 0 Å². The lowest BCUT2D eigenvalue weighted by molar-refractivity contribution is 0.0699. The van der Waals surface area contributed by atoms with Crippen LogP contribution < -0.4 is 0 Å². The van der Waals surface area contributed by atoms with Crippen LogP contribution in [0.1, 0.15) is 24.2 Å². The number of hydrogen-bond donors (Lipinski definition) is 1. The second kappa shape index (κ2) is 5.28. The van der Waals surface area contributed by atoms with Crippen LogP contribution in [0, 0.1) is 0 Å². The molecular weight excluding hydrogens is 278 g/mol. The van der Waals surface area contributed by atoms with E-state index in [9.17, 15) is 18.3 Å². The maximum absolute atomic E-state index is 11.9. The van der Waals surface area contributed by atoms with Gasteiger partial charge in [0.05, 0.1) is 16.6 Å². The molecule has 1 aromatic carbocycles. The second-order valence-corrected chi connectivity index (χ2v) is 7.65. The molecule has 0 unspecified atom stereocenters. The lowest BCUT2D eigenvalue weighted by atomic mass is 10.2. The average Bonchev–Trinajstić information content (AvgIpc) is 2.75. The molecule has 2 rings (SSSR count). The first-order valence-electron chi connectivity index (χ1n) is 6.35. The van der Waals surface area contributed by atoms with Crippen LogP contribution in [0.3, 0.4) is 0 Å². The number of aryl methyl sites for hydroxylation is 1. The first-order chi connectivity index (χ1) is 9.33. The average molecular weight is 295 g/mol. The highest BCUT2D eigenvalue weighted by Gasteiger charge is 2.18. The molecule has 6 heteroatoms. The van der Waals surface area contributed by atoms with Gasteiger partial charge < -0.3 is 9.67 Å². The summed E-state index contributed by atoms with van der Waals surface area (Å²) in [7, 11) is -3.14. The Hall–Kier alpha value is -1.82. The van der Waals surface area contributed by atoms with Gasteiger partial charge in [0.2, 0.25) is 0 Å². The van der Waals surface area contributed by atoms with Crippen molar-refractivity contribution < 1.29 is 18.3 Å². The van der Waals surface area contributed by atoms with Gasteiger partial charge in [-0.05, 0) is 19.9 Å². The monoisotopic (exact) mass is 295 g/mol. The fraction of sp³-hybridized carbons (Fsp3) is 0.357. The predicted molar refractivity (Wildman–Crippen MR) is 77.8 cm³/mol.